The van der Waals surface area contributed by atoms with Crippen LogP contribution in [-0.4, -0.2) is 37.8 Å². The van der Waals surface area contributed by atoms with Crippen LogP contribution < -0.4 is 14.8 Å². The number of carbonyl (C=O) groups excluding carboxylic acids is 2. The highest BCUT2D eigenvalue weighted by molar-refractivity contribution is 7.09. The van der Waals surface area contributed by atoms with Crippen molar-refractivity contribution in [2.24, 2.45) is 0 Å². The van der Waals surface area contributed by atoms with E-state index < -0.39 is 12.0 Å². The minimum atomic E-state index is -0.588. The number of hydrogen-bond acceptors (Lipinski definition) is 6. The van der Waals surface area contributed by atoms with Crippen molar-refractivity contribution in [2.75, 3.05) is 21.3 Å². The van der Waals surface area contributed by atoms with Crippen LogP contribution in [0.3, 0.4) is 0 Å². The van der Waals surface area contributed by atoms with Crippen molar-refractivity contribution in [3.63, 3.8) is 0 Å². The van der Waals surface area contributed by atoms with Crippen molar-refractivity contribution in [3.8, 4) is 11.5 Å². The van der Waals surface area contributed by atoms with Gasteiger partial charge in [-0.05, 0) is 49.1 Å². The van der Waals surface area contributed by atoms with E-state index in [0.29, 0.717) is 29.2 Å². The number of nitrogens with one attached hydrogen (secondary N) is 1. The van der Waals surface area contributed by atoms with Crippen LogP contribution in [0.15, 0.2) is 41.8 Å². The molecule has 1 aromatic carbocycles. The fourth-order valence-electron chi connectivity index (χ4n) is 3.64. The van der Waals surface area contributed by atoms with Gasteiger partial charge in [-0.25, -0.2) is 0 Å². The Kier molecular flexibility index (Phi) is 7.58. The molecule has 7 nitrogen and oxygen atoms in total. The lowest BCUT2D eigenvalue weighted by Gasteiger charge is -2.20. The second-order valence-electron chi connectivity index (χ2n) is 7.37. The van der Waals surface area contributed by atoms with Gasteiger partial charge in [0, 0.05) is 16.3 Å². The number of thiophene rings is 1. The number of methoxy groups -OCH3 is 3. The molecule has 2 aromatic heterocycles. The Morgan fingerprint density at radius 2 is 1.81 bits per heavy atom. The Bertz CT molecular complexity index is 1090. The SMILES string of the molecule is COC(=O)CC(NC(=O)c1cc(C)n(Cc2cccs2)c1C)c1ccc(OC)c(OC)c1. The molecule has 0 spiro atoms. The van der Waals surface area contributed by atoms with Gasteiger partial charge < -0.3 is 24.1 Å². The molecule has 32 heavy (non-hydrogen) atoms. The summed E-state index contributed by atoms with van der Waals surface area (Å²) in [5.41, 5.74) is 3.16. The number of nitrogens with zero attached hydrogens (tertiary/aromatic N) is 1. The quantitative estimate of drug-likeness (QED) is 0.487. The molecule has 3 rings (SSSR count). The Labute approximate surface area is 191 Å². The average Bonchev–Trinajstić information content (AvgIpc) is 3.41. The van der Waals surface area contributed by atoms with Gasteiger partial charge in [0.15, 0.2) is 11.5 Å². The molecule has 170 valence electrons. The van der Waals surface area contributed by atoms with E-state index in [2.05, 4.69) is 16.0 Å². The fourth-order valence-corrected chi connectivity index (χ4v) is 4.33. The summed E-state index contributed by atoms with van der Waals surface area (Å²) in [5, 5.41) is 5.04. The number of aryl methyl sites for hydroxylation is 1. The number of benzene rings is 1. The second kappa shape index (κ2) is 10.4. The predicted molar refractivity (Wildman–Crippen MR) is 124 cm³/mol. The molecule has 8 heteroatoms. The van der Waals surface area contributed by atoms with Gasteiger partial charge in [0.1, 0.15) is 0 Å². The van der Waals surface area contributed by atoms with E-state index in [0.717, 1.165) is 11.4 Å². The molecule has 0 saturated carbocycles. The zero-order valence-corrected chi connectivity index (χ0v) is 19.7. The zero-order valence-electron chi connectivity index (χ0n) is 18.9. The highest BCUT2D eigenvalue weighted by Gasteiger charge is 2.24. The topological polar surface area (TPSA) is 78.8 Å². The van der Waals surface area contributed by atoms with Crippen LogP contribution in [0.25, 0.3) is 0 Å². The molecule has 3 aromatic rings. The molecule has 0 bridgehead atoms. The summed E-state index contributed by atoms with van der Waals surface area (Å²) >= 11 is 1.68. The minimum absolute atomic E-state index is 0.00828. The van der Waals surface area contributed by atoms with Crippen LogP contribution in [0.1, 0.15) is 44.6 Å². The smallest absolute Gasteiger partial charge is 0.307 e. The van der Waals surface area contributed by atoms with Gasteiger partial charge in [-0.1, -0.05) is 12.1 Å². The molecular formula is C24H28N2O5S. The lowest BCUT2D eigenvalue weighted by Crippen LogP contribution is -2.31. The summed E-state index contributed by atoms with van der Waals surface area (Å²) < 4.78 is 17.6. The molecular weight excluding hydrogens is 428 g/mol. The van der Waals surface area contributed by atoms with Crippen molar-refractivity contribution in [3.05, 3.63) is 69.2 Å². The Morgan fingerprint density at radius 1 is 1.06 bits per heavy atom. The van der Waals surface area contributed by atoms with Gasteiger partial charge in [-0.3, -0.25) is 9.59 Å². The first-order valence-electron chi connectivity index (χ1n) is 10.2. The second-order valence-corrected chi connectivity index (χ2v) is 8.40. The van der Waals surface area contributed by atoms with Gasteiger partial charge in [0.05, 0.1) is 45.9 Å². The zero-order chi connectivity index (χ0) is 23.3. The summed E-state index contributed by atoms with van der Waals surface area (Å²) in [6.45, 7) is 4.63. The van der Waals surface area contributed by atoms with E-state index in [-0.39, 0.29) is 12.3 Å². The van der Waals surface area contributed by atoms with Crippen molar-refractivity contribution < 1.29 is 23.8 Å². The summed E-state index contributed by atoms with van der Waals surface area (Å²) in [5.74, 6) is 0.409. The van der Waals surface area contributed by atoms with E-state index in [1.807, 2.05) is 31.4 Å². The molecule has 1 unspecified atom stereocenters. The number of ether oxygens (including phenoxy) is 3. The largest absolute Gasteiger partial charge is 0.493 e. The highest BCUT2D eigenvalue weighted by atomic mass is 32.1. The first-order chi connectivity index (χ1) is 15.4. The number of hydrogen-bond donors (Lipinski definition) is 1. The predicted octanol–water partition coefficient (Wildman–Crippen LogP) is 4.27. The summed E-state index contributed by atoms with van der Waals surface area (Å²) in [4.78, 5) is 26.5. The summed E-state index contributed by atoms with van der Waals surface area (Å²) in [6, 6.07) is 10.7. The highest BCUT2D eigenvalue weighted by Crippen LogP contribution is 2.31. The number of carbonyl (C=O) groups is 2. The van der Waals surface area contributed by atoms with Gasteiger partial charge in [-0.2, -0.15) is 0 Å². The van der Waals surface area contributed by atoms with E-state index in [1.54, 1.807) is 36.6 Å². The van der Waals surface area contributed by atoms with Crippen molar-refractivity contribution in [1.82, 2.24) is 9.88 Å². The molecule has 0 fully saturated rings. The number of rotatable bonds is 9. The van der Waals surface area contributed by atoms with Gasteiger partial charge in [0.25, 0.3) is 5.91 Å². The standard InChI is InChI=1S/C24H28N2O5S/c1-15-11-19(16(2)26(15)14-18-7-6-10-32-18)24(28)25-20(13-23(27)31-5)17-8-9-21(29-3)22(12-17)30-4/h6-12,20H,13-14H2,1-5H3,(H,25,28). The molecule has 0 radical (unpaired) electrons. The number of aromatic nitrogens is 1. The van der Waals surface area contributed by atoms with Gasteiger partial charge >= 0.3 is 5.97 Å². The lowest BCUT2D eigenvalue weighted by molar-refractivity contribution is -0.141. The monoisotopic (exact) mass is 456 g/mol. The maximum atomic E-state index is 13.2. The third-order valence-corrected chi connectivity index (χ3v) is 6.29. The average molecular weight is 457 g/mol. The summed E-state index contributed by atoms with van der Waals surface area (Å²) in [7, 11) is 4.42. The van der Waals surface area contributed by atoms with Crippen molar-refractivity contribution >= 4 is 23.2 Å². The molecule has 1 N–H and O–H groups in total. The maximum Gasteiger partial charge on any atom is 0.307 e. The molecule has 1 amide bonds. The summed E-state index contributed by atoms with van der Waals surface area (Å²) in [6.07, 6.45) is -0.00828. The van der Waals surface area contributed by atoms with Crippen LogP contribution in [0.5, 0.6) is 11.5 Å². The van der Waals surface area contributed by atoms with E-state index in [9.17, 15) is 9.59 Å². The third-order valence-electron chi connectivity index (χ3n) is 5.43. The number of amides is 1. The van der Waals surface area contributed by atoms with Crippen molar-refractivity contribution in [2.45, 2.75) is 32.9 Å². The van der Waals surface area contributed by atoms with E-state index in [1.165, 1.54) is 19.1 Å². The van der Waals surface area contributed by atoms with Crippen molar-refractivity contribution in [1.29, 1.82) is 0 Å². The fraction of sp³-hybridized carbons (Fsp3) is 0.333. The first-order valence-corrected chi connectivity index (χ1v) is 11.0. The minimum Gasteiger partial charge on any atom is -0.493 e. The third kappa shape index (κ3) is 5.13. The van der Waals surface area contributed by atoms with Crippen LogP contribution >= 0.6 is 11.3 Å². The number of esters is 1. The van der Waals surface area contributed by atoms with Crippen LogP contribution in [-0.2, 0) is 16.1 Å². The molecule has 0 aliphatic heterocycles. The maximum absolute atomic E-state index is 13.2. The molecule has 0 aliphatic carbocycles. The normalized spacial score (nSPS) is 11.7. The van der Waals surface area contributed by atoms with E-state index >= 15 is 0 Å². The Balaban J connectivity index is 1.88. The van der Waals surface area contributed by atoms with Crippen LogP contribution in [0.4, 0.5) is 0 Å². The Hall–Kier alpha value is -3.26. The first kappa shape index (κ1) is 23.4. The van der Waals surface area contributed by atoms with E-state index in [4.69, 9.17) is 14.2 Å². The molecule has 2 heterocycles. The lowest BCUT2D eigenvalue weighted by atomic mass is 10.0. The van der Waals surface area contributed by atoms with Crippen LogP contribution in [0.2, 0.25) is 0 Å². The molecule has 1 atom stereocenters. The Morgan fingerprint density at radius 3 is 2.44 bits per heavy atom. The molecule has 0 saturated heterocycles. The molecule has 0 aliphatic rings. The van der Waals surface area contributed by atoms with Crippen LogP contribution in [0, 0.1) is 13.8 Å². The van der Waals surface area contributed by atoms with Gasteiger partial charge in [-0.15, -0.1) is 11.3 Å². The van der Waals surface area contributed by atoms with Gasteiger partial charge in [0.2, 0.25) is 0 Å².